The average molecular weight is 467 g/mol. The smallest absolute Gasteiger partial charge is 0.150 e. The molecule has 0 unspecified atom stereocenters. The highest BCUT2D eigenvalue weighted by atomic mass is 16.3. The summed E-state index contributed by atoms with van der Waals surface area (Å²) < 4.78 is 0. The first-order valence-electron chi connectivity index (χ1n) is 14.0. The summed E-state index contributed by atoms with van der Waals surface area (Å²) in [7, 11) is 0. The molecule has 0 aromatic heterocycles. The Morgan fingerprint density at radius 2 is 0.882 bits per heavy atom. The Morgan fingerprint density at radius 1 is 0.529 bits per heavy atom. The molecular formula is C32H50O2. The van der Waals surface area contributed by atoms with E-state index in [0.29, 0.717) is 0 Å². The van der Waals surface area contributed by atoms with Gasteiger partial charge in [0, 0.05) is 5.56 Å². The summed E-state index contributed by atoms with van der Waals surface area (Å²) in [6.07, 6.45) is 22.2. The van der Waals surface area contributed by atoms with Crippen LogP contribution in [0.1, 0.15) is 131 Å². The minimum Gasteiger partial charge on any atom is -0.392 e. The van der Waals surface area contributed by atoms with E-state index in [9.17, 15) is 4.79 Å². The second-order valence-electron chi connectivity index (χ2n) is 9.58. The molecule has 0 radical (unpaired) electrons. The number of carbonyl (C=O) groups is 1. The molecule has 0 saturated heterocycles. The molecule has 2 heteroatoms. The molecule has 0 bridgehead atoms. The molecule has 2 aromatic carbocycles. The first-order chi connectivity index (χ1) is 16.7. The van der Waals surface area contributed by atoms with Gasteiger partial charge in [0.2, 0.25) is 0 Å². The van der Waals surface area contributed by atoms with E-state index >= 15 is 0 Å². The van der Waals surface area contributed by atoms with Gasteiger partial charge in [-0.2, -0.15) is 0 Å². The second-order valence-corrected chi connectivity index (χ2v) is 9.58. The lowest BCUT2D eigenvalue weighted by atomic mass is 10.0. The van der Waals surface area contributed by atoms with E-state index < -0.39 is 0 Å². The van der Waals surface area contributed by atoms with Crippen molar-refractivity contribution in [1.82, 2.24) is 0 Å². The van der Waals surface area contributed by atoms with Crippen LogP contribution in [0.15, 0.2) is 48.5 Å². The fourth-order valence-electron chi connectivity index (χ4n) is 4.15. The largest absolute Gasteiger partial charge is 0.392 e. The summed E-state index contributed by atoms with van der Waals surface area (Å²) in [6.45, 7) is 4.66. The number of aldehydes is 1. The molecule has 190 valence electrons. The molecule has 0 saturated carbocycles. The number of hydrogen-bond donors (Lipinski definition) is 1. The molecule has 0 aliphatic rings. The quantitative estimate of drug-likeness (QED) is 0.175. The maximum absolute atomic E-state index is 10.5. The standard InChI is InChI=1S/C16H26O.C16H24O/c2*1-2-3-4-5-6-7-8-9-15-10-12-16(14-17)13-11-15/h10-13,17H,2-9,14H2,1H3;10-14H,2-9H2,1H3. The molecule has 0 spiro atoms. The molecule has 0 atom stereocenters. The maximum Gasteiger partial charge on any atom is 0.150 e. The van der Waals surface area contributed by atoms with Crippen LogP contribution in [-0.2, 0) is 19.4 Å². The van der Waals surface area contributed by atoms with Crippen molar-refractivity contribution in [2.24, 2.45) is 0 Å². The van der Waals surface area contributed by atoms with Gasteiger partial charge in [0.05, 0.1) is 6.61 Å². The maximum atomic E-state index is 10.5. The Balaban J connectivity index is 0.000000340. The Hall–Kier alpha value is -1.93. The van der Waals surface area contributed by atoms with E-state index in [1.165, 1.54) is 107 Å². The predicted molar refractivity (Wildman–Crippen MR) is 148 cm³/mol. The van der Waals surface area contributed by atoms with Gasteiger partial charge in [-0.15, -0.1) is 0 Å². The highest BCUT2D eigenvalue weighted by molar-refractivity contribution is 5.74. The zero-order chi connectivity index (χ0) is 24.7. The van der Waals surface area contributed by atoms with Gasteiger partial charge in [0.15, 0.2) is 0 Å². The third-order valence-electron chi connectivity index (χ3n) is 6.46. The monoisotopic (exact) mass is 466 g/mol. The number of carbonyl (C=O) groups excluding carboxylic acids is 1. The van der Waals surface area contributed by atoms with Crippen molar-refractivity contribution in [1.29, 1.82) is 0 Å². The predicted octanol–water partition coefficient (Wildman–Crippen LogP) is 9.26. The lowest BCUT2D eigenvalue weighted by Gasteiger charge is -2.03. The topological polar surface area (TPSA) is 37.3 Å². The fraction of sp³-hybridized carbons (Fsp3) is 0.594. The number of unbranched alkanes of at least 4 members (excludes halogenated alkanes) is 12. The Bertz CT molecular complexity index is 703. The SMILES string of the molecule is CCCCCCCCCc1ccc(C=O)cc1.CCCCCCCCCc1ccc(CO)cc1. The lowest BCUT2D eigenvalue weighted by Crippen LogP contribution is -1.88. The molecule has 0 aliphatic heterocycles. The number of rotatable bonds is 18. The van der Waals surface area contributed by atoms with Gasteiger partial charge >= 0.3 is 0 Å². The summed E-state index contributed by atoms with van der Waals surface area (Å²) in [6, 6.07) is 16.3. The van der Waals surface area contributed by atoms with E-state index in [0.717, 1.165) is 23.8 Å². The van der Waals surface area contributed by atoms with Crippen molar-refractivity contribution in [3.8, 4) is 0 Å². The van der Waals surface area contributed by atoms with Crippen LogP contribution in [0.3, 0.4) is 0 Å². The molecule has 0 amide bonds. The van der Waals surface area contributed by atoms with Crippen LogP contribution < -0.4 is 0 Å². The van der Waals surface area contributed by atoms with E-state index in [4.69, 9.17) is 5.11 Å². The third kappa shape index (κ3) is 15.8. The summed E-state index contributed by atoms with van der Waals surface area (Å²) in [5, 5.41) is 8.95. The van der Waals surface area contributed by atoms with Crippen molar-refractivity contribution in [3.05, 3.63) is 70.8 Å². The van der Waals surface area contributed by atoms with Crippen molar-refractivity contribution >= 4 is 6.29 Å². The lowest BCUT2D eigenvalue weighted by molar-refractivity contribution is 0.112. The Labute approximate surface area is 210 Å². The number of aryl methyl sites for hydroxylation is 2. The average Bonchev–Trinajstić information content (AvgIpc) is 2.89. The van der Waals surface area contributed by atoms with Crippen molar-refractivity contribution in [2.75, 3.05) is 0 Å². The number of aliphatic hydroxyl groups is 1. The van der Waals surface area contributed by atoms with Gasteiger partial charge in [0.1, 0.15) is 6.29 Å². The van der Waals surface area contributed by atoms with Crippen LogP contribution >= 0.6 is 0 Å². The summed E-state index contributed by atoms with van der Waals surface area (Å²) in [5.74, 6) is 0. The second kappa shape index (κ2) is 21.6. The summed E-state index contributed by atoms with van der Waals surface area (Å²) in [5.41, 5.74) is 4.53. The van der Waals surface area contributed by atoms with Gasteiger partial charge in [-0.1, -0.05) is 139 Å². The molecule has 2 aromatic rings. The molecule has 1 N–H and O–H groups in total. The number of benzene rings is 2. The summed E-state index contributed by atoms with van der Waals surface area (Å²) in [4.78, 5) is 10.5. The van der Waals surface area contributed by atoms with Crippen molar-refractivity contribution in [2.45, 2.75) is 123 Å². The zero-order valence-electron chi connectivity index (χ0n) is 22.1. The van der Waals surface area contributed by atoms with E-state index in [1.54, 1.807) is 0 Å². The van der Waals surface area contributed by atoms with Gasteiger partial charge in [0.25, 0.3) is 0 Å². The van der Waals surface area contributed by atoms with Crippen LogP contribution in [0, 0.1) is 0 Å². The van der Waals surface area contributed by atoms with Gasteiger partial charge in [-0.3, -0.25) is 4.79 Å². The van der Waals surface area contributed by atoms with Crippen LogP contribution in [0.5, 0.6) is 0 Å². The van der Waals surface area contributed by atoms with E-state index in [2.05, 4.69) is 38.1 Å². The fourth-order valence-corrected chi connectivity index (χ4v) is 4.15. The number of hydrogen-bond acceptors (Lipinski definition) is 2. The van der Waals surface area contributed by atoms with E-state index in [1.807, 2.05) is 24.3 Å². The molecule has 0 aliphatic carbocycles. The Kier molecular flexibility index (Phi) is 19.1. The van der Waals surface area contributed by atoms with Gasteiger partial charge in [-0.05, 0) is 42.4 Å². The highest BCUT2D eigenvalue weighted by Gasteiger charge is 1.96. The van der Waals surface area contributed by atoms with Crippen LogP contribution in [-0.4, -0.2) is 11.4 Å². The first kappa shape index (κ1) is 30.1. The number of aliphatic hydroxyl groups excluding tert-OH is 1. The molecule has 0 fully saturated rings. The van der Waals surface area contributed by atoms with Crippen LogP contribution in [0.4, 0.5) is 0 Å². The first-order valence-corrected chi connectivity index (χ1v) is 14.0. The highest BCUT2D eigenvalue weighted by Crippen LogP contribution is 2.12. The van der Waals surface area contributed by atoms with Crippen molar-refractivity contribution in [3.63, 3.8) is 0 Å². The Morgan fingerprint density at radius 3 is 1.26 bits per heavy atom. The minimum absolute atomic E-state index is 0.151. The molecule has 2 nitrogen and oxygen atoms in total. The zero-order valence-corrected chi connectivity index (χ0v) is 22.1. The van der Waals surface area contributed by atoms with Crippen LogP contribution in [0.25, 0.3) is 0 Å². The minimum atomic E-state index is 0.151. The molecule has 2 rings (SSSR count). The van der Waals surface area contributed by atoms with Crippen molar-refractivity contribution < 1.29 is 9.90 Å². The molecule has 34 heavy (non-hydrogen) atoms. The van der Waals surface area contributed by atoms with Crippen LogP contribution in [0.2, 0.25) is 0 Å². The van der Waals surface area contributed by atoms with Gasteiger partial charge in [-0.25, -0.2) is 0 Å². The van der Waals surface area contributed by atoms with E-state index in [-0.39, 0.29) is 6.61 Å². The third-order valence-corrected chi connectivity index (χ3v) is 6.46. The summed E-state index contributed by atoms with van der Waals surface area (Å²) >= 11 is 0. The molecular weight excluding hydrogens is 416 g/mol. The molecule has 0 heterocycles. The van der Waals surface area contributed by atoms with Gasteiger partial charge < -0.3 is 5.11 Å². The normalized spacial score (nSPS) is 10.6.